The predicted molar refractivity (Wildman–Crippen MR) is 56.9 cm³/mol. The monoisotopic (exact) mass is 239 g/mol. The second kappa shape index (κ2) is 4.21. The lowest BCUT2D eigenvalue weighted by molar-refractivity contribution is -0.222. The van der Waals surface area contributed by atoms with E-state index in [0.29, 0.717) is 19.4 Å². The largest absolute Gasteiger partial charge is 0.366 e. The molecule has 0 aromatic carbocycles. The average molecular weight is 239 g/mol. The zero-order chi connectivity index (χ0) is 11.9. The predicted octanol–water partition coefficient (Wildman–Crippen LogP) is 0.714. The number of fused-ring (bicyclic) bond motifs is 1. The van der Waals surface area contributed by atoms with Crippen molar-refractivity contribution in [2.24, 2.45) is 0 Å². The standard InChI is InChI=1S/C12H17NO4/c13-5-1-2-8-3-4-10-12(17-8)6-9(16-10)11(14)15-7-12/h8-11,14H,1-4,6-7H2/t8-,9+,10-,11?,12?/m0/s1. The molecule has 1 spiro atoms. The van der Waals surface area contributed by atoms with Gasteiger partial charge < -0.3 is 19.3 Å². The first-order valence-electron chi connectivity index (χ1n) is 6.23. The highest BCUT2D eigenvalue weighted by molar-refractivity contribution is 5.04. The number of nitrogens with zero attached hydrogens (tertiary/aromatic N) is 1. The molecule has 3 rings (SSSR count). The smallest absolute Gasteiger partial charge is 0.181 e. The number of aliphatic hydroxyl groups excluding tert-OH is 1. The van der Waals surface area contributed by atoms with Gasteiger partial charge in [-0.15, -0.1) is 0 Å². The lowest BCUT2D eigenvalue weighted by Crippen LogP contribution is -2.53. The van der Waals surface area contributed by atoms with Crippen molar-refractivity contribution < 1.29 is 19.3 Å². The fraction of sp³-hybridized carbons (Fsp3) is 0.917. The van der Waals surface area contributed by atoms with Gasteiger partial charge in [0.15, 0.2) is 6.29 Å². The van der Waals surface area contributed by atoms with Crippen LogP contribution in [0.5, 0.6) is 0 Å². The minimum atomic E-state index is -0.813. The molecule has 0 amide bonds. The van der Waals surface area contributed by atoms with E-state index in [-0.39, 0.29) is 23.9 Å². The molecule has 3 heterocycles. The van der Waals surface area contributed by atoms with Crippen molar-refractivity contribution in [3.8, 4) is 6.07 Å². The van der Waals surface area contributed by atoms with E-state index in [0.717, 1.165) is 19.3 Å². The maximum atomic E-state index is 9.60. The second-order valence-corrected chi connectivity index (χ2v) is 5.15. The minimum Gasteiger partial charge on any atom is -0.366 e. The summed E-state index contributed by atoms with van der Waals surface area (Å²) in [7, 11) is 0. The molecule has 1 N–H and O–H groups in total. The summed E-state index contributed by atoms with van der Waals surface area (Å²) in [5.41, 5.74) is -0.373. The van der Waals surface area contributed by atoms with E-state index < -0.39 is 6.29 Å². The Kier molecular flexibility index (Phi) is 2.83. The van der Waals surface area contributed by atoms with Gasteiger partial charge in [0.1, 0.15) is 11.7 Å². The van der Waals surface area contributed by atoms with E-state index >= 15 is 0 Å². The number of nitriles is 1. The average Bonchev–Trinajstić information content (AvgIpc) is 2.66. The third kappa shape index (κ3) is 1.85. The van der Waals surface area contributed by atoms with Crippen molar-refractivity contribution >= 4 is 0 Å². The Morgan fingerprint density at radius 2 is 2.29 bits per heavy atom. The summed E-state index contributed by atoms with van der Waals surface area (Å²) >= 11 is 0. The summed E-state index contributed by atoms with van der Waals surface area (Å²) in [6, 6.07) is 2.15. The van der Waals surface area contributed by atoms with Crippen LogP contribution >= 0.6 is 0 Å². The van der Waals surface area contributed by atoms with Crippen molar-refractivity contribution in [2.75, 3.05) is 6.61 Å². The molecule has 5 atom stereocenters. The highest BCUT2D eigenvalue weighted by Gasteiger charge is 2.58. The molecule has 3 aliphatic rings. The highest BCUT2D eigenvalue weighted by Crippen LogP contribution is 2.46. The zero-order valence-electron chi connectivity index (χ0n) is 9.67. The van der Waals surface area contributed by atoms with Gasteiger partial charge in [0.25, 0.3) is 0 Å². The fourth-order valence-electron chi connectivity index (χ4n) is 3.15. The van der Waals surface area contributed by atoms with Gasteiger partial charge in [-0.25, -0.2) is 0 Å². The SMILES string of the molecule is N#CCC[C@H]1CC[C@@H]2O[C@@H]3CC2(COC3O)O1. The van der Waals surface area contributed by atoms with E-state index in [1.54, 1.807) is 0 Å². The summed E-state index contributed by atoms with van der Waals surface area (Å²) in [6.45, 7) is 0.401. The molecule has 0 saturated carbocycles. The second-order valence-electron chi connectivity index (χ2n) is 5.15. The van der Waals surface area contributed by atoms with Crippen LogP contribution in [0.25, 0.3) is 0 Å². The van der Waals surface area contributed by atoms with Gasteiger partial charge in [-0.2, -0.15) is 5.26 Å². The number of aliphatic hydroxyl groups is 1. The number of hydrogen-bond acceptors (Lipinski definition) is 5. The first kappa shape index (κ1) is 11.4. The molecule has 17 heavy (non-hydrogen) atoms. The van der Waals surface area contributed by atoms with Crippen molar-refractivity contribution in [3.05, 3.63) is 0 Å². The Bertz CT molecular complexity index is 342. The van der Waals surface area contributed by atoms with Gasteiger partial charge in [-0.1, -0.05) is 0 Å². The Balaban J connectivity index is 1.70. The van der Waals surface area contributed by atoms with Gasteiger partial charge in [0.2, 0.25) is 0 Å². The van der Waals surface area contributed by atoms with Gasteiger partial charge in [0, 0.05) is 12.8 Å². The molecule has 0 aromatic heterocycles. The first-order chi connectivity index (χ1) is 8.23. The Morgan fingerprint density at radius 3 is 3.12 bits per heavy atom. The van der Waals surface area contributed by atoms with Crippen LogP contribution in [0.2, 0.25) is 0 Å². The van der Waals surface area contributed by atoms with Crippen molar-refractivity contribution in [1.82, 2.24) is 0 Å². The van der Waals surface area contributed by atoms with Crippen LogP contribution in [0.3, 0.4) is 0 Å². The minimum absolute atomic E-state index is 0.0444. The van der Waals surface area contributed by atoms with Crippen LogP contribution in [0, 0.1) is 11.3 Å². The van der Waals surface area contributed by atoms with Gasteiger partial charge in [-0.05, 0) is 19.3 Å². The molecule has 0 aliphatic carbocycles. The Morgan fingerprint density at radius 1 is 1.41 bits per heavy atom. The van der Waals surface area contributed by atoms with E-state index in [9.17, 15) is 5.11 Å². The molecule has 5 heteroatoms. The van der Waals surface area contributed by atoms with Crippen LogP contribution in [0.15, 0.2) is 0 Å². The third-order valence-corrected chi connectivity index (χ3v) is 4.02. The summed E-state index contributed by atoms with van der Waals surface area (Å²) in [5.74, 6) is 0. The molecule has 3 saturated heterocycles. The molecule has 2 unspecified atom stereocenters. The number of rotatable bonds is 2. The summed E-state index contributed by atoms with van der Waals surface area (Å²) in [4.78, 5) is 0. The summed E-state index contributed by atoms with van der Waals surface area (Å²) < 4.78 is 17.2. The number of hydrogen-bond donors (Lipinski definition) is 1. The quantitative estimate of drug-likeness (QED) is 0.768. The highest BCUT2D eigenvalue weighted by atomic mass is 16.7. The van der Waals surface area contributed by atoms with Gasteiger partial charge >= 0.3 is 0 Å². The van der Waals surface area contributed by atoms with Gasteiger partial charge in [0.05, 0.1) is 24.9 Å². The molecular weight excluding hydrogens is 222 g/mol. The van der Waals surface area contributed by atoms with E-state index in [2.05, 4.69) is 6.07 Å². The molecule has 2 bridgehead atoms. The third-order valence-electron chi connectivity index (χ3n) is 4.02. The van der Waals surface area contributed by atoms with E-state index in [4.69, 9.17) is 19.5 Å². The van der Waals surface area contributed by atoms with Crippen LogP contribution in [0.4, 0.5) is 0 Å². The van der Waals surface area contributed by atoms with Gasteiger partial charge in [-0.3, -0.25) is 0 Å². The van der Waals surface area contributed by atoms with Crippen LogP contribution < -0.4 is 0 Å². The molecule has 3 fully saturated rings. The topological polar surface area (TPSA) is 71.7 Å². The normalized spacial score (nSPS) is 48.5. The Hall–Kier alpha value is -0.670. The van der Waals surface area contributed by atoms with Crippen molar-refractivity contribution in [1.29, 1.82) is 5.26 Å². The molecule has 0 aromatic rings. The summed E-state index contributed by atoms with van der Waals surface area (Å²) in [6.07, 6.45) is 2.99. The van der Waals surface area contributed by atoms with Crippen LogP contribution in [0.1, 0.15) is 32.1 Å². The Labute approximate surface area is 100 Å². The van der Waals surface area contributed by atoms with Crippen molar-refractivity contribution in [3.63, 3.8) is 0 Å². The maximum Gasteiger partial charge on any atom is 0.181 e. The van der Waals surface area contributed by atoms with E-state index in [1.165, 1.54) is 0 Å². The first-order valence-corrected chi connectivity index (χ1v) is 6.23. The summed E-state index contributed by atoms with van der Waals surface area (Å²) in [5, 5.41) is 18.2. The molecule has 0 radical (unpaired) electrons. The van der Waals surface area contributed by atoms with Crippen molar-refractivity contribution in [2.45, 2.75) is 62.3 Å². The number of ether oxygens (including phenoxy) is 3. The fourth-order valence-corrected chi connectivity index (χ4v) is 3.15. The lowest BCUT2D eigenvalue weighted by Gasteiger charge is -2.42. The molecule has 3 aliphatic heterocycles. The molecule has 5 nitrogen and oxygen atoms in total. The molecule has 94 valence electrons. The van der Waals surface area contributed by atoms with Crippen LogP contribution in [-0.2, 0) is 14.2 Å². The maximum absolute atomic E-state index is 9.60. The molecular formula is C12H17NO4. The van der Waals surface area contributed by atoms with E-state index in [1.807, 2.05) is 0 Å². The lowest BCUT2D eigenvalue weighted by atomic mass is 9.85. The zero-order valence-corrected chi connectivity index (χ0v) is 9.67. The van der Waals surface area contributed by atoms with Crippen LogP contribution in [-0.4, -0.2) is 41.9 Å².